The summed E-state index contributed by atoms with van der Waals surface area (Å²) in [4.78, 5) is 32.7. The van der Waals surface area contributed by atoms with Gasteiger partial charge in [-0.3, -0.25) is 14.7 Å². The van der Waals surface area contributed by atoms with Gasteiger partial charge in [-0.25, -0.2) is 9.37 Å². The van der Waals surface area contributed by atoms with Gasteiger partial charge in [0.15, 0.2) is 0 Å². The number of hydrogen-bond acceptors (Lipinski definition) is 6. The summed E-state index contributed by atoms with van der Waals surface area (Å²) in [6.07, 6.45) is 0.334. The number of esters is 1. The Hall–Kier alpha value is -3.23. The first-order chi connectivity index (χ1) is 13.0. The average molecular weight is 373 g/mol. The molecule has 1 aromatic carbocycles. The number of rotatable bonds is 7. The van der Waals surface area contributed by atoms with E-state index in [1.54, 1.807) is 32.0 Å². The molecule has 3 aromatic rings. The van der Waals surface area contributed by atoms with E-state index in [0.717, 1.165) is 0 Å². The van der Waals surface area contributed by atoms with Gasteiger partial charge in [0.05, 0.1) is 12.3 Å². The second kappa shape index (κ2) is 7.98. The van der Waals surface area contributed by atoms with Crippen molar-refractivity contribution in [2.75, 3.05) is 11.9 Å². The van der Waals surface area contributed by atoms with E-state index in [9.17, 15) is 14.0 Å². The van der Waals surface area contributed by atoms with Crippen LogP contribution in [0.15, 0.2) is 29.1 Å². The molecule has 0 fully saturated rings. The quantitative estimate of drug-likeness (QED) is 0.614. The Kier molecular flexibility index (Phi) is 5.49. The van der Waals surface area contributed by atoms with Gasteiger partial charge in [0.1, 0.15) is 5.82 Å². The van der Waals surface area contributed by atoms with Gasteiger partial charge in [-0.2, -0.15) is 9.50 Å². The predicted octanol–water partition coefficient (Wildman–Crippen LogP) is 1.97. The van der Waals surface area contributed by atoms with Gasteiger partial charge in [-0.05, 0) is 26.3 Å². The van der Waals surface area contributed by atoms with Crippen LogP contribution in [0.3, 0.4) is 0 Å². The van der Waals surface area contributed by atoms with Gasteiger partial charge in [0, 0.05) is 24.1 Å². The number of halogens is 1. The van der Waals surface area contributed by atoms with Crippen molar-refractivity contribution in [2.45, 2.75) is 33.2 Å². The lowest BCUT2D eigenvalue weighted by Crippen LogP contribution is -2.23. The number of carbonyl (C=O) groups is 1. The van der Waals surface area contributed by atoms with Crippen LogP contribution in [0.2, 0.25) is 0 Å². The number of benzene rings is 1. The first kappa shape index (κ1) is 18.6. The van der Waals surface area contributed by atoms with Crippen molar-refractivity contribution in [1.82, 2.24) is 19.6 Å². The molecule has 0 radical (unpaired) electrons. The molecule has 0 aliphatic rings. The molecule has 0 spiro atoms. The normalized spacial score (nSPS) is 10.9. The summed E-state index contributed by atoms with van der Waals surface area (Å²) in [5, 5.41) is 5.76. The number of H-pyrrole nitrogens is 1. The number of hydrogen-bond donors (Lipinski definition) is 2. The van der Waals surface area contributed by atoms with Crippen molar-refractivity contribution < 1.29 is 13.9 Å². The molecule has 0 atom stereocenters. The van der Waals surface area contributed by atoms with E-state index in [1.165, 1.54) is 10.6 Å². The fourth-order valence-electron chi connectivity index (χ4n) is 2.70. The fraction of sp³-hybridized carbons (Fsp3) is 0.333. The molecule has 2 aromatic heterocycles. The molecule has 0 saturated heterocycles. The molecule has 2 heterocycles. The minimum Gasteiger partial charge on any atom is -0.466 e. The average Bonchev–Trinajstić information content (AvgIpc) is 3.04. The number of fused-ring (bicyclic) bond motifs is 1. The van der Waals surface area contributed by atoms with Crippen molar-refractivity contribution in [2.24, 2.45) is 0 Å². The maximum absolute atomic E-state index is 13.7. The van der Waals surface area contributed by atoms with Crippen LogP contribution < -0.4 is 10.9 Å². The van der Waals surface area contributed by atoms with Crippen LogP contribution in [0.5, 0.6) is 0 Å². The van der Waals surface area contributed by atoms with Crippen LogP contribution in [0.1, 0.15) is 30.2 Å². The Balaban J connectivity index is 1.80. The monoisotopic (exact) mass is 373 g/mol. The summed E-state index contributed by atoms with van der Waals surface area (Å²) >= 11 is 0. The van der Waals surface area contributed by atoms with E-state index in [4.69, 9.17) is 4.74 Å². The number of anilines is 1. The molecule has 2 N–H and O–H groups in total. The molecular weight excluding hydrogens is 353 g/mol. The molecule has 0 amide bonds. The van der Waals surface area contributed by atoms with Gasteiger partial charge < -0.3 is 10.1 Å². The zero-order chi connectivity index (χ0) is 19.4. The molecule has 9 heteroatoms. The Morgan fingerprint density at radius 2 is 2.11 bits per heavy atom. The highest BCUT2D eigenvalue weighted by Crippen LogP contribution is 2.10. The van der Waals surface area contributed by atoms with Gasteiger partial charge in [0.2, 0.25) is 5.95 Å². The van der Waals surface area contributed by atoms with E-state index in [-0.39, 0.29) is 42.5 Å². The summed E-state index contributed by atoms with van der Waals surface area (Å²) < 4.78 is 19.8. The minimum absolute atomic E-state index is 0.101. The molecule has 3 rings (SSSR count). The van der Waals surface area contributed by atoms with Crippen LogP contribution in [0.4, 0.5) is 10.3 Å². The summed E-state index contributed by atoms with van der Waals surface area (Å²) in [7, 11) is 0. The lowest BCUT2D eigenvalue weighted by Gasteiger charge is -2.04. The van der Waals surface area contributed by atoms with E-state index in [0.29, 0.717) is 29.4 Å². The molecule has 142 valence electrons. The molecule has 0 bridgehead atoms. The van der Waals surface area contributed by atoms with E-state index in [2.05, 4.69) is 20.4 Å². The molecule has 0 aliphatic heterocycles. The number of aromatic amines is 1. The van der Waals surface area contributed by atoms with E-state index < -0.39 is 0 Å². The van der Waals surface area contributed by atoms with Gasteiger partial charge in [-0.1, -0.05) is 18.2 Å². The zero-order valence-electron chi connectivity index (χ0n) is 15.1. The Bertz CT molecular complexity index is 1030. The van der Waals surface area contributed by atoms with Crippen molar-refractivity contribution >= 4 is 17.7 Å². The second-order valence-corrected chi connectivity index (χ2v) is 5.94. The SMILES string of the molecule is CCOC(=O)CCc1c(C)nc2nc(NCc3ccccc3F)[nH]n2c1=O. The smallest absolute Gasteiger partial charge is 0.306 e. The lowest BCUT2D eigenvalue weighted by molar-refractivity contribution is -0.143. The zero-order valence-corrected chi connectivity index (χ0v) is 15.1. The van der Waals surface area contributed by atoms with E-state index in [1.807, 2.05) is 0 Å². The number of ether oxygens (including phenoxy) is 1. The van der Waals surface area contributed by atoms with Crippen molar-refractivity contribution in [1.29, 1.82) is 0 Å². The standard InChI is InChI=1S/C18H20FN5O3/c1-3-27-15(25)9-8-13-11(2)21-18-22-17(23-24(18)16(13)26)20-10-12-6-4-5-7-14(12)19/h4-7H,3,8-10H2,1-2H3,(H2,20,21,22,23). The van der Waals surface area contributed by atoms with Crippen LogP contribution in [0, 0.1) is 12.7 Å². The summed E-state index contributed by atoms with van der Waals surface area (Å²) in [6, 6.07) is 6.39. The minimum atomic E-state index is -0.363. The number of nitrogens with one attached hydrogen (secondary N) is 2. The Morgan fingerprint density at radius 3 is 2.85 bits per heavy atom. The molecule has 0 aliphatic carbocycles. The first-order valence-electron chi connectivity index (χ1n) is 8.60. The van der Waals surface area contributed by atoms with Gasteiger partial charge in [-0.15, -0.1) is 0 Å². The van der Waals surface area contributed by atoms with Crippen LogP contribution in [-0.4, -0.2) is 32.2 Å². The van der Waals surface area contributed by atoms with Crippen LogP contribution in [-0.2, 0) is 22.5 Å². The predicted molar refractivity (Wildman–Crippen MR) is 97.0 cm³/mol. The third-order valence-electron chi connectivity index (χ3n) is 4.08. The number of aryl methyl sites for hydroxylation is 1. The van der Waals surface area contributed by atoms with Gasteiger partial charge >= 0.3 is 5.97 Å². The lowest BCUT2D eigenvalue weighted by atomic mass is 10.1. The van der Waals surface area contributed by atoms with E-state index >= 15 is 0 Å². The van der Waals surface area contributed by atoms with Crippen molar-refractivity contribution in [3.63, 3.8) is 0 Å². The molecule has 27 heavy (non-hydrogen) atoms. The Labute approximate surface area is 154 Å². The highest BCUT2D eigenvalue weighted by molar-refractivity contribution is 5.69. The second-order valence-electron chi connectivity index (χ2n) is 5.94. The summed E-state index contributed by atoms with van der Waals surface area (Å²) in [6.45, 7) is 3.93. The third kappa shape index (κ3) is 4.13. The molecule has 0 unspecified atom stereocenters. The van der Waals surface area contributed by atoms with Crippen molar-refractivity contribution in [3.05, 3.63) is 57.3 Å². The maximum Gasteiger partial charge on any atom is 0.306 e. The highest BCUT2D eigenvalue weighted by Gasteiger charge is 2.15. The number of carbonyl (C=O) groups excluding carboxylic acids is 1. The van der Waals surface area contributed by atoms with Crippen LogP contribution in [0.25, 0.3) is 5.78 Å². The first-order valence-corrected chi connectivity index (χ1v) is 8.60. The number of aromatic nitrogens is 4. The topological polar surface area (TPSA) is 101 Å². The maximum atomic E-state index is 13.7. The third-order valence-corrected chi connectivity index (χ3v) is 4.08. The largest absolute Gasteiger partial charge is 0.466 e. The fourth-order valence-corrected chi connectivity index (χ4v) is 2.70. The Morgan fingerprint density at radius 1 is 1.33 bits per heavy atom. The summed E-state index contributed by atoms with van der Waals surface area (Å²) in [5.74, 6) is -0.190. The molecule has 0 saturated carbocycles. The summed E-state index contributed by atoms with van der Waals surface area (Å²) in [5.41, 5.74) is 1.08. The van der Waals surface area contributed by atoms with Crippen molar-refractivity contribution in [3.8, 4) is 0 Å². The molecular formula is C18H20FN5O3. The van der Waals surface area contributed by atoms with Crippen LogP contribution >= 0.6 is 0 Å². The highest BCUT2D eigenvalue weighted by atomic mass is 19.1. The van der Waals surface area contributed by atoms with Gasteiger partial charge in [0.25, 0.3) is 11.3 Å². The molecule has 8 nitrogen and oxygen atoms in total. The number of nitrogens with zero attached hydrogens (tertiary/aromatic N) is 3.